The molecule has 0 bridgehead atoms. The number of allylic oxidation sites excluding steroid dienone is 2. The molecule has 1 aromatic rings. The molecule has 1 heterocycles. The van der Waals surface area contributed by atoms with E-state index in [1.807, 2.05) is 6.07 Å². The first kappa shape index (κ1) is 19.1. The molecule has 0 spiro atoms. The number of benzene rings is 1. The maximum absolute atomic E-state index is 5.84. The molecule has 2 nitrogen and oxygen atoms in total. The molecule has 0 saturated carbocycles. The third-order valence-corrected chi connectivity index (χ3v) is 4.65. The molecule has 1 aromatic carbocycles. The lowest BCUT2D eigenvalue weighted by Crippen LogP contribution is -2.16. The van der Waals surface area contributed by atoms with Crippen molar-refractivity contribution < 1.29 is 9.47 Å². The van der Waals surface area contributed by atoms with Crippen molar-refractivity contribution in [2.75, 3.05) is 13.2 Å². The lowest BCUT2D eigenvalue weighted by Gasteiger charge is -2.10. The number of ether oxygens (including phenoxy) is 2. The fraction of sp³-hybridized carbons (Fsp3) is 0.636. The molecule has 2 rings (SSSR count). The molecule has 0 radical (unpaired) electrons. The highest BCUT2D eigenvalue weighted by molar-refractivity contribution is 5.28. The Morgan fingerprint density at radius 2 is 1.79 bits per heavy atom. The van der Waals surface area contributed by atoms with E-state index in [9.17, 15) is 0 Å². The first-order valence-electron chi connectivity index (χ1n) is 9.69. The summed E-state index contributed by atoms with van der Waals surface area (Å²) < 4.78 is 11.2. The zero-order valence-electron chi connectivity index (χ0n) is 15.6. The summed E-state index contributed by atoms with van der Waals surface area (Å²) >= 11 is 0. The second-order valence-corrected chi connectivity index (χ2v) is 7.26. The SMILES string of the molecule is C/C=C/CCCCCCCCCc1cccc(OCC2(C)CO2)c1. The van der Waals surface area contributed by atoms with Gasteiger partial charge in [-0.3, -0.25) is 0 Å². The van der Waals surface area contributed by atoms with Gasteiger partial charge in [-0.2, -0.15) is 0 Å². The van der Waals surface area contributed by atoms with E-state index in [-0.39, 0.29) is 5.60 Å². The number of epoxide rings is 1. The van der Waals surface area contributed by atoms with Crippen LogP contribution in [0.1, 0.15) is 70.8 Å². The number of unbranched alkanes of at least 4 members (excludes halogenated alkanes) is 7. The molecule has 0 aliphatic carbocycles. The van der Waals surface area contributed by atoms with E-state index in [0.717, 1.165) is 18.8 Å². The van der Waals surface area contributed by atoms with Crippen LogP contribution < -0.4 is 4.74 Å². The van der Waals surface area contributed by atoms with Gasteiger partial charge in [0.25, 0.3) is 0 Å². The molecular weight excluding hydrogens is 296 g/mol. The van der Waals surface area contributed by atoms with Crippen molar-refractivity contribution in [3.8, 4) is 5.75 Å². The topological polar surface area (TPSA) is 21.8 Å². The Morgan fingerprint density at radius 1 is 1.08 bits per heavy atom. The van der Waals surface area contributed by atoms with E-state index < -0.39 is 0 Å². The molecule has 1 unspecified atom stereocenters. The third-order valence-electron chi connectivity index (χ3n) is 4.65. The van der Waals surface area contributed by atoms with Gasteiger partial charge < -0.3 is 9.47 Å². The van der Waals surface area contributed by atoms with Gasteiger partial charge in [-0.25, -0.2) is 0 Å². The van der Waals surface area contributed by atoms with Crippen molar-refractivity contribution in [2.24, 2.45) is 0 Å². The van der Waals surface area contributed by atoms with Crippen LogP contribution in [0.25, 0.3) is 0 Å². The maximum Gasteiger partial charge on any atom is 0.123 e. The standard InChI is InChI=1S/C22H34O2/c1-3-4-5-6-7-8-9-10-11-12-14-20-15-13-16-21(17-20)23-18-22(2)19-24-22/h3-4,13,15-17H,5-12,14,18-19H2,1-2H3/b4-3+. The molecule has 2 heteroatoms. The smallest absolute Gasteiger partial charge is 0.123 e. The summed E-state index contributed by atoms with van der Waals surface area (Å²) in [5.74, 6) is 0.977. The summed E-state index contributed by atoms with van der Waals surface area (Å²) in [5.41, 5.74) is 1.35. The molecule has 1 aliphatic heterocycles. The molecule has 0 N–H and O–H groups in total. The Balaban J connectivity index is 1.51. The third kappa shape index (κ3) is 8.01. The minimum atomic E-state index is -0.0389. The molecule has 134 valence electrons. The van der Waals surface area contributed by atoms with Gasteiger partial charge in [-0.15, -0.1) is 0 Å². The van der Waals surface area contributed by atoms with Crippen molar-refractivity contribution in [3.05, 3.63) is 42.0 Å². The van der Waals surface area contributed by atoms with Crippen LogP contribution in [0.15, 0.2) is 36.4 Å². The molecule has 1 atom stereocenters. The summed E-state index contributed by atoms with van der Waals surface area (Å²) in [4.78, 5) is 0. The van der Waals surface area contributed by atoms with Gasteiger partial charge in [0.15, 0.2) is 0 Å². The molecule has 0 aromatic heterocycles. The molecule has 1 saturated heterocycles. The Labute approximate surface area is 148 Å². The van der Waals surface area contributed by atoms with E-state index in [2.05, 4.69) is 44.2 Å². The maximum atomic E-state index is 5.84. The van der Waals surface area contributed by atoms with Gasteiger partial charge in [-0.1, -0.05) is 56.4 Å². The number of aryl methyl sites for hydroxylation is 1. The van der Waals surface area contributed by atoms with E-state index in [1.54, 1.807) is 0 Å². The minimum absolute atomic E-state index is 0.0389. The van der Waals surface area contributed by atoms with Crippen LogP contribution in [-0.2, 0) is 11.2 Å². The van der Waals surface area contributed by atoms with Crippen LogP contribution in [0.5, 0.6) is 5.75 Å². The van der Waals surface area contributed by atoms with E-state index in [1.165, 1.54) is 56.9 Å². The Morgan fingerprint density at radius 3 is 2.50 bits per heavy atom. The monoisotopic (exact) mass is 330 g/mol. The Kier molecular flexibility index (Phi) is 8.38. The predicted molar refractivity (Wildman–Crippen MR) is 102 cm³/mol. The van der Waals surface area contributed by atoms with Crippen molar-refractivity contribution in [2.45, 2.75) is 77.2 Å². The summed E-state index contributed by atoms with van der Waals surface area (Å²) in [6, 6.07) is 8.55. The Hall–Kier alpha value is -1.28. The lowest BCUT2D eigenvalue weighted by atomic mass is 10.0. The van der Waals surface area contributed by atoms with Gasteiger partial charge in [0.2, 0.25) is 0 Å². The fourth-order valence-electron chi connectivity index (χ4n) is 2.88. The van der Waals surface area contributed by atoms with Crippen molar-refractivity contribution in [1.82, 2.24) is 0 Å². The highest BCUT2D eigenvalue weighted by Crippen LogP contribution is 2.27. The fourth-order valence-corrected chi connectivity index (χ4v) is 2.88. The summed E-state index contributed by atoms with van der Waals surface area (Å²) in [6.45, 7) is 5.67. The van der Waals surface area contributed by atoms with Crippen LogP contribution in [0.3, 0.4) is 0 Å². The molecular formula is C22H34O2. The number of rotatable bonds is 13. The van der Waals surface area contributed by atoms with Gasteiger partial charge in [0, 0.05) is 0 Å². The lowest BCUT2D eigenvalue weighted by molar-refractivity contribution is 0.202. The Bertz CT molecular complexity index is 488. The van der Waals surface area contributed by atoms with Crippen LogP contribution in [0.4, 0.5) is 0 Å². The zero-order chi connectivity index (χ0) is 17.1. The average molecular weight is 331 g/mol. The summed E-state index contributed by atoms with van der Waals surface area (Å²) in [7, 11) is 0. The van der Waals surface area contributed by atoms with E-state index in [0.29, 0.717) is 6.61 Å². The zero-order valence-corrected chi connectivity index (χ0v) is 15.6. The average Bonchev–Trinajstić information content (AvgIpc) is 3.33. The first-order chi connectivity index (χ1) is 11.7. The van der Waals surface area contributed by atoms with Crippen LogP contribution in [0.2, 0.25) is 0 Å². The van der Waals surface area contributed by atoms with Gasteiger partial charge in [-0.05, 0) is 57.2 Å². The molecule has 1 aliphatic rings. The second kappa shape index (κ2) is 10.6. The van der Waals surface area contributed by atoms with Gasteiger partial charge in [0.1, 0.15) is 18.0 Å². The van der Waals surface area contributed by atoms with E-state index in [4.69, 9.17) is 9.47 Å². The van der Waals surface area contributed by atoms with Crippen LogP contribution in [0, 0.1) is 0 Å². The van der Waals surface area contributed by atoms with Gasteiger partial charge in [0.05, 0.1) is 6.61 Å². The predicted octanol–water partition coefficient (Wildman–Crippen LogP) is 6.09. The van der Waals surface area contributed by atoms with Crippen molar-refractivity contribution in [3.63, 3.8) is 0 Å². The van der Waals surface area contributed by atoms with Crippen molar-refractivity contribution >= 4 is 0 Å². The number of hydrogen-bond acceptors (Lipinski definition) is 2. The highest BCUT2D eigenvalue weighted by Gasteiger charge is 2.40. The summed E-state index contributed by atoms with van der Waals surface area (Å²) in [5, 5.41) is 0. The minimum Gasteiger partial charge on any atom is -0.490 e. The molecule has 24 heavy (non-hydrogen) atoms. The molecule has 0 amide bonds. The number of hydrogen-bond donors (Lipinski definition) is 0. The highest BCUT2D eigenvalue weighted by atomic mass is 16.6. The van der Waals surface area contributed by atoms with Crippen molar-refractivity contribution in [1.29, 1.82) is 0 Å². The van der Waals surface area contributed by atoms with E-state index >= 15 is 0 Å². The summed E-state index contributed by atoms with van der Waals surface area (Å²) in [6.07, 6.45) is 16.3. The molecule has 1 fully saturated rings. The second-order valence-electron chi connectivity index (χ2n) is 7.26. The quantitative estimate of drug-likeness (QED) is 0.248. The van der Waals surface area contributed by atoms with Crippen LogP contribution in [-0.4, -0.2) is 18.8 Å². The largest absolute Gasteiger partial charge is 0.490 e. The normalized spacial score (nSPS) is 19.8. The first-order valence-corrected chi connectivity index (χ1v) is 9.69. The van der Waals surface area contributed by atoms with Gasteiger partial charge >= 0.3 is 0 Å². The van der Waals surface area contributed by atoms with Crippen LogP contribution >= 0.6 is 0 Å².